The molecule has 0 atom stereocenters. The Morgan fingerprint density at radius 2 is 0.895 bits per heavy atom. The molecule has 6 heteroatoms. The van der Waals surface area contributed by atoms with E-state index in [-0.39, 0.29) is 18.5 Å². The summed E-state index contributed by atoms with van der Waals surface area (Å²) in [4.78, 5) is 24.5. The lowest BCUT2D eigenvalue weighted by Gasteiger charge is -2.30. The summed E-state index contributed by atoms with van der Waals surface area (Å²) in [6.07, 6.45) is 27.4. The van der Waals surface area contributed by atoms with Gasteiger partial charge < -0.3 is 20.3 Å². The monoisotopic (exact) mass is 541 g/mol. The minimum atomic E-state index is -1.32. The Bertz CT molecular complexity index is 536. The third kappa shape index (κ3) is 22.8. The second-order valence-corrected chi connectivity index (χ2v) is 11.4. The van der Waals surface area contributed by atoms with E-state index in [1.165, 1.54) is 103 Å². The minimum absolute atomic E-state index is 0.207. The average molecular weight is 542 g/mol. The summed E-state index contributed by atoms with van der Waals surface area (Å²) >= 11 is 0. The van der Waals surface area contributed by atoms with E-state index in [1.54, 1.807) is 0 Å². The van der Waals surface area contributed by atoms with Crippen molar-refractivity contribution < 1.29 is 24.5 Å². The zero-order chi connectivity index (χ0) is 28.2. The molecule has 3 N–H and O–H groups in total. The number of amides is 1. The van der Waals surface area contributed by atoms with Gasteiger partial charge in [0.1, 0.15) is 12.1 Å². The van der Waals surface area contributed by atoms with Crippen LogP contribution in [0.3, 0.4) is 0 Å². The number of aliphatic hydroxyl groups excluding tert-OH is 2. The van der Waals surface area contributed by atoms with E-state index in [4.69, 9.17) is 4.74 Å². The van der Waals surface area contributed by atoms with E-state index < -0.39 is 18.8 Å². The van der Waals surface area contributed by atoms with Crippen molar-refractivity contribution in [2.45, 2.75) is 173 Å². The molecular weight excluding hydrogens is 478 g/mol. The van der Waals surface area contributed by atoms with Crippen molar-refractivity contribution in [3.8, 4) is 0 Å². The Hall–Kier alpha value is -1.14. The molecule has 0 heterocycles. The third-order valence-corrected chi connectivity index (χ3v) is 7.51. The van der Waals surface area contributed by atoms with Crippen molar-refractivity contribution in [3.63, 3.8) is 0 Å². The average Bonchev–Trinajstić information content (AvgIpc) is 2.92. The SMILES string of the molecule is CCCCCCCCCCCCCC(=O)NC(CO)(CO)COC(=O)CCCCCCCCCCCCC. The number of ether oxygens (including phenoxy) is 1. The van der Waals surface area contributed by atoms with Gasteiger partial charge in [-0.25, -0.2) is 0 Å². The maximum atomic E-state index is 12.4. The summed E-state index contributed by atoms with van der Waals surface area (Å²) in [5.41, 5.74) is -1.32. The molecule has 0 aliphatic rings. The van der Waals surface area contributed by atoms with Crippen LogP contribution in [0, 0.1) is 0 Å². The van der Waals surface area contributed by atoms with Crippen molar-refractivity contribution in [2.75, 3.05) is 19.8 Å². The predicted octanol–water partition coefficient (Wildman–Crippen LogP) is 7.77. The number of aliphatic hydroxyl groups is 2. The molecule has 0 spiro atoms. The molecule has 0 aliphatic heterocycles. The second kappa shape index (κ2) is 27.4. The van der Waals surface area contributed by atoms with Crippen molar-refractivity contribution in [3.05, 3.63) is 0 Å². The van der Waals surface area contributed by atoms with Crippen LogP contribution >= 0.6 is 0 Å². The lowest BCUT2D eigenvalue weighted by molar-refractivity contribution is -0.149. The van der Waals surface area contributed by atoms with Gasteiger partial charge >= 0.3 is 5.97 Å². The number of carbonyl (C=O) groups is 2. The van der Waals surface area contributed by atoms with Gasteiger partial charge in [-0.1, -0.05) is 142 Å². The number of carbonyl (C=O) groups excluding carboxylic acids is 2. The first-order valence-electron chi connectivity index (χ1n) is 16.2. The fraction of sp³-hybridized carbons (Fsp3) is 0.938. The second-order valence-electron chi connectivity index (χ2n) is 11.4. The smallest absolute Gasteiger partial charge is 0.305 e. The molecule has 0 fully saturated rings. The van der Waals surface area contributed by atoms with Crippen LogP contribution < -0.4 is 5.32 Å². The van der Waals surface area contributed by atoms with Crippen LogP contribution in [0.1, 0.15) is 168 Å². The van der Waals surface area contributed by atoms with Gasteiger partial charge in [0.2, 0.25) is 5.91 Å². The van der Waals surface area contributed by atoms with E-state index in [0.717, 1.165) is 38.5 Å². The van der Waals surface area contributed by atoms with Crippen LogP contribution in [0.5, 0.6) is 0 Å². The van der Waals surface area contributed by atoms with Crippen LogP contribution in [0.25, 0.3) is 0 Å². The van der Waals surface area contributed by atoms with E-state index in [9.17, 15) is 19.8 Å². The summed E-state index contributed by atoms with van der Waals surface area (Å²) in [5, 5.41) is 22.3. The van der Waals surface area contributed by atoms with Crippen LogP contribution in [-0.2, 0) is 14.3 Å². The van der Waals surface area contributed by atoms with E-state index in [1.807, 2.05) is 0 Å². The molecule has 0 radical (unpaired) electrons. The van der Waals surface area contributed by atoms with E-state index in [2.05, 4.69) is 19.2 Å². The number of unbranched alkanes of at least 4 members (excludes halogenated alkanes) is 20. The Morgan fingerprint density at radius 1 is 0.553 bits per heavy atom. The number of esters is 1. The van der Waals surface area contributed by atoms with E-state index >= 15 is 0 Å². The molecule has 6 nitrogen and oxygen atoms in total. The van der Waals surface area contributed by atoms with Crippen LogP contribution in [0.4, 0.5) is 0 Å². The van der Waals surface area contributed by atoms with Crippen molar-refractivity contribution in [2.24, 2.45) is 0 Å². The first kappa shape index (κ1) is 36.9. The first-order chi connectivity index (χ1) is 18.5. The molecule has 0 aromatic rings. The topological polar surface area (TPSA) is 95.9 Å². The lowest BCUT2D eigenvalue weighted by atomic mass is 10.0. The molecule has 1 amide bonds. The Morgan fingerprint density at radius 3 is 1.26 bits per heavy atom. The number of nitrogens with one attached hydrogen (secondary N) is 1. The third-order valence-electron chi connectivity index (χ3n) is 7.51. The molecular formula is C32H63NO5. The molecule has 38 heavy (non-hydrogen) atoms. The highest BCUT2D eigenvalue weighted by atomic mass is 16.5. The Kier molecular flexibility index (Phi) is 26.6. The summed E-state index contributed by atoms with van der Waals surface area (Å²) in [6.45, 7) is 3.33. The van der Waals surface area contributed by atoms with Crippen LogP contribution in [0.15, 0.2) is 0 Å². The van der Waals surface area contributed by atoms with Crippen molar-refractivity contribution >= 4 is 11.9 Å². The van der Waals surface area contributed by atoms with Gasteiger partial charge in [0, 0.05) is 12.8 Å². The predicted molar refractivity (Wildman–Crippen MR) is 158 cm³/mol. The number of hydrogen-bond acceptors (Lipinski definition) is 5. The molecule has 0 bridgehead atoms. The fourth-order valence-electron chi connectivity index (χ4n) is 4.79. The normalized spacial score (nSPS) is 11.6. The Balaban J connectivity index is 3.87. The largest absolute Gasteiger partial charge is 0.463 e. The van der Waals surface area contributed by atoms with Gasteiger partial charge in [-0.05, 0) is 12.8 Å². The van der Waals surface area contributed by atoms with E-state index in [0.29, 0.717) is 12.8 Å². The first-order valence-corrected chi connectivity index (χ1v) is 16.2. The van der Waals surface area contributed by atoms with Crippen molar-refractivity contribution in [1.29, 1.82) is 0 Å². The standard InChI is InChI=1S/C32H63NO5/c1-3-5-7-9-11-13-15-17-19-21-23-25-30(36)33-32(27-34,28-35)29-38-31(37)26-24-22-20-18-16-14-12-10-8-6-4-2/h34-35H,3-29H2,1-2H3,(H,33,36). The van der Waals surface area contributed by atoms with Gasteiger partial charge in [0.15, 0.2) is 0 Å². The molecule has 0 aromatic carbocycles. The van der Waals surface area contributed by atoms with Crippen LogP contribution in [0.2, 0.25) is 0 Å². The molecule has 0 saturated carbocycles. The maximum absolute atomic E-state index is 12.4. The zero-order valence-corrected chi connectivity index (χ0v) is 25.2. The number of rotatable bonds is 29. The molecule has 0 rings (SSSR count). The summed E-state index contributed by atoms with van der Waals surface area (Å²) < 4.78 is 5.32. The molecule has 0 aromatic heterocycles. The van der Waals surface area contributed by atoms with Gasteiger partial charge in [-0.15, -0.1) is 0 Å². The maximum Gasteiger partial charge on any atom is 0.305 e. The lowest BCUT2D eigenvalue weighted by Crippen LogP contribution is -2.57. The zero-order valence-electron chi connectivity index (χ0n) is 25.2. The Labute approximate surface area is 235 Å². The van der Waals surface area contributed by atoms with Gasteiger partial charge in [0.05, 0.1) is 13.2 Å². The summed E-state index contributed by atoms with van der Waals surface area (Å²) in [7, 11) is 0. The highest BCUT2D eigenvalue weighted by molar-refractivity contribution is 5.77. The molecule has 0 saturated heterocycles. The highest BCUT2D eigenvalue weighted by Gasteiger charge is 2.32. The molecule has 0 unspecified atom stereocenters. The number of hydrogen-bond donors (Lipinski definition) is 3. The summed E-state index contributed by atoms with van der Waals surface area (Å²) in [6, 6.07) is 0. The quantitative estimate of drug-likeness (QED) is 0.0664. The highest BCUT2D eigenvalue weighted by Crippen LogP contribution is 2.14. The van der Waals surface area contributed by atoms with Gasteiger partial charge in [-0.2, -0.15) is 0 Å². The minimum Gasteiger partial charge on any atom is -0.463 e. The summed E-state index contributed by atoms with van der Waals surface area (Å²) in [5.74, 6) is -0.558. The van der Waals surface area contributed by atoms with Crippen molar-refractivity contribution in [1.82, 2.24) is 5.32 Å². The van der Waals surface area contributed by atoms with Gasteiger partial charge in [0.25, 0.3) is 0 Å². The molecule has 226 valence electrons. The molecule has 0 aliphatic carbocycles. The van der Waals surface area contributed by atoms with Gasteiger partial charge in [-0.3, -0.25) is 9.59 Å². The van der Waals surface area contributed by atoms with Crippen LogP contribution in [-0.4, -0.2) is 47.4 Å². The fourth-order valence-corrected chi connectivity index (χ4v) is 4.79.